The first-order valence-electron chi connectivity index (χ1n) is 5.66. The summed E-state index contributed by atoms with van der Waals surface area (Å²) in [6.07, 6.45) is 0.623. The quantitative estimate of drug-likeness (QED) is 0.831. The SMILES string of the molecule is CCNC(C)C(C)(O)Cc1ccc(Cl)cc1. The van der Waals surface area contributed by atoms with Gasteiger partial charge in [-0.15, -0.1) is 0 Å². The van der Waals surface area contributed by atoms with Gasteiger partial charge in [0.15, 0.2) is 0 Å². The van der Waals surface area contributed by atoms with Crippen LogP contribution in [-0.2, 0) is 6.42 Å². The highest BCUT2D eigenvalue weighted by molar-refractivity contribution is 6.30. The Morgan fingerprint density at radius 2 is 1.94 bits per heavy atom. The van der Waals surface area contributed by atoms with Crippen molar-refractivity contribution < 1.29 is 5.11 Å². The molecule has 2 unspecified atom stereocenters. The van der Waals surface area contributed by atoms with Crippen molar-refractivity contribution in [3.8, 4) is 0 Å². The van der Waals surface area contributed by atoms with Crippen LogP contribution in [-0.4, -0.2) is 23.3 Å². The standard InChI is InChI=1S/C13H20ClNO/c1-4-15-10(2)13(3,16)9-11-5-7-12(14)8-6-11/h5-8,10,15-16H,4,9H2,1-3H3. The molecular formula is C13H20ClNO. The van der Waals surface area contributed by atoms with E-state index in [9.17, 15) is 5.11 Å². The van der Waals surface area contributed by atoms with Crippen LogP contribution in [0, 0.1) is 0 Å². The summed E-state index contributed by atoms with van der Waals surface area (Å²) in [5, 5.41) is 14.3. The van der Waals surface area contributed by atoms with Gasteiger partial charge in [-0.05, 0) is 38.1 Å². The van der Waals surface area contributed by atoms with Gasteiger partial charge in [0.2, 0.25) is 0 Å². The van der Waals surface area contributed by atoms with Crippen molar-refractivity contribution >= 4 is 11.6 Å². The summed E-state index contributed by atoms with van der Waals surface area (Å²) in [5.41, 5.74) is 0.350. The zero-order valence-electron chi connectivity index (χ0n) is 10.1. The van der Waals surface area contributed by atoms with Crippen LogP contribution in [0.1, 0.15) is 26.3 Å². The largest absolute Gasteiger partial charge is 0.388 e. The molecule has 2 N–H and O–H groups in total. The highest BCUT2D eigenvalue weighted by Crippen LogP contribution is 2.18. The first kappa shape index (κ1) is 13.5. The van der Waals surface area contributed by atoms with Crippen LogP contribution in [0.15, 0.2) is 24.3 Å². The smallest absolute Gasteiger partial charge is 0.0809 e. The first-order valence-corrected chi connectivity index (χ1v) is 6.03. The molecule has 0 spiro atoms. The van der Waals surface area contributed by atoms with Crippen molar-refractivity contribution in [1.29, 1.82) is 0 Å². The van der Waals surface area contributed by atoms with E-state index in [0.29, 0.717) is 6.42 Å². The van der Waals surface area contributed by atoms with Gasteiger partial charge in [-0.3, -0.25) is 0 Å². The van der Waals surface area contributed by atoms with E-state index in [0.717, 1.165) is 17.1 Å². The molecule has 0 aliphatic rings. The van der Waals surface area contributed by atoms with Gasteiger partial charge in [-0.25, -0.2) is 0 Å². The average Bonchev–Trinajstić information content (AvgIpc) is 2.21. The van der Waals surface area contributed by atoms with Crippen molar-refractivity contribution in [2.75, 3.05) is 6.54 Å². The van der Waals surface area contributed by atoms with Gasteiger partial charge in [-0.2, -0.15) is 0 Å². The van der Waals surface area contributed by atoms with Crippen LogP contribution in [0.3, 0.4) is 0 Å². The molecule has 90 valence electrons. The number of aliphatic hydroxyl groups is 1. The van der Waals surface area contributed by atoms with E-state index in [1.54, 1.807) is 0 Å². The zero-order valence-corrected chi connectivity index (χ0v) is 10.9. The Morgan fingerprint density at radius 1 is 1.38 bits per heavy atom. The van der Waals surface area contributed by atoms with Gasteiger partial charge in [0, 0.05) is 17.5 Å². The van der Waals surface area contributed by atoms with Crippen LogP contribution >= 0.6 is 11.6 Å². The van der Waals surface area contributed by atoms with Gasteiger partial charge in [0.05, 0.1) is 5.60 Å². The third kappa shape index (κ3) is 3.78. The molecule has 0 amide bonds. The van der Waals surface area contributed by atoms with E-state index in [1.807, 2.05) is 45.0 Å². The normalized spacial score (nSPS) is 16.8. The summed E-state index contributed by atoms with van der Waals surface area (Å²) in [6.45, 7) is 6.75. The maximum atomic E-state index is 10.3. The first-order chi connectivity index (χ1) is 7.45. The molecule has 0 aromatic heterocycles. The summed E-state index contributed by atoms with van der Waals surface area (Å²) >= 11 is 5.82. The Hall–Kier alpha value is -0.570. The molecule has 0 saturated carbocycles. The van der Waals surface area contributed by atoms with E-state index >= 15 is 0 Å². The minimum absolute atomic E-state index is 0.0631. The summed E-state index contributed by atoms with van der Waals surface area (Å²) < 4.78 is 0. The topological polar surface area (TPSA) is 32.3 Å². The molecule has 16 heavy (non-hydrogen) atoms. The maximum Gasteiger partial charge on any atom is 0.0809 e. The fourth-order valence-electron chi connectivity index (χ4n) is 1.69. The van der Waals surface area contributed by atoms with Gasteiger partial charge >= 0.3 is 0 Å². The molecule has 0 aliphatic carbocycles. The second-order valence-electron chi connectivity index (χ2n) is 4.44. The second kappa shape index (κ2) is 5.67. The lowest BCUT2D eigenvalue weighted by Gasteiger charge is -2.31. The molecule has 0 bridgehead atoms. The van der Waals surface area contributed by atoms with Crippen molar-refractivity contribution in [2.45, 2.75) is 38.8 Å². The molecule has 2 atom stereocenters. The Morgan fingerprint density at radius 3 is 2.44 bits per heavy atom. The third-order valence-electron chi connectivity index (χ3n) is 2.92. The number of halogens is 1. The molecular weight excluding hydrogens is 222 g/mol. The Bertz CT molecular complexity index is 321. The summed E-state index contributed by atoms with van der Waals surface area (Å²) in [7, 11) is 0. The lowest BCUT2D eigenvalue weighted by atomic mass is 9.90. The monoisotopic (exact) mass is 241 g/mol. The van der Waals surface area contributed by atoms with Crippen LogP contribution in [0.4, 0.5) is 0 Å². The fourth-order valence-corrected chi connectivity index (χ4v) is 1.82. The molecule has 0 saturated heterocycles. The van der Waals surface area contributed by atoms with Gasteiger partial charge < -0.3 is 10.4 Å². The molecule has 0 radical (unpaired) electrons. The maximum absolute atomic E-state index is 10.3. The third-order valence-corrected chi connectivity index (χ3v) is 3.17. The Labute approximate surface area is 103 Å². The number of rotatable bonds is 5. The molecule has 1 aromatic carbocycles. The van der Waals surface area contributed by atoms with Gasteiger partial charge in [0.25, 0.3) is 0 Å². The van der Waals surface area contributed by atoms with Crippen LogP contribution in [0.5, 0.6) is 0 Å². The predicted molar refractivity (Wildman–Crippen MR) is 68.9 cm³/mol. The molecule has 1 aromatic rings. The summed E-state index contributed by atoms with van der Waals surface area (Å²) in [6, 6.07) is 7.67. The van der Waals surface area contributed by atoms with Crippen molar-refractivity contribution in [3.63, 3.8) is 0 Å². The average molecular weight is 242 g/mol. The van der Waals surface area contributed by atoms with Crippen LogP contribution in [0.25, 0.3) is 0 Å². The van der Waals surface area contributed by atoms with E-state index in [2.05, 4.69) is 5.32 Å². The van der Waals surface area contributed by atoms with Gasteiger partial charge in [0.1, 0.15) is 0 Å². The fraction of sp³-hybridized carbons (Fsp3) is 0.538. The number of hydrogen-bond acceptors (Lipinski definition) is 2. The van der Waals surface area contributed by atoms with Crippen LogP contribution in [0.2, 0.25) is 5.02 Å². The number of benzene rings is 1. The predicted octanol–water partition coefficient (Wildman–Crippen LogP) is 2.63. The molecule has 3 heteroatoms. The zero-order chi connectivity index (χ0) is 12.2. The minimum Gasteiger partial charge on any atom is -0.388 e. The Kier molecular flexibility index (Phi) is 4.78. The van der Waals surface area contributed by atoms with E-state index in [4.69, 9.17) is 11.6 Å². The minimum atomic E-state index is -0.746. The number of nitrogens with one attached hydrogen (secondary N) is 1. The van der Waals surface area contributed by atoms with E-state index < -0.39 is 5.60 Å². The molecule has 0 heterocycles. The van der Waals surface area contributed by atoms with Crippen molar-refractivity contribution in [2.24, 2.45) is 0 Å². The molecule has 0 fully saturated rings. The molecule has 0 aliphatic heterocycles. The molecule has 2 nitrogen and oxygen atoms in total. The van der Waals surface area contributed by atoms with E-state index in [-0.39, 0.29) is 6.04 Å². The highest BCUT2D eigenvalue weighted by Gasteiger charge is 2.27. The van der Waals surface area contributed by atoms with Crippen LogP contribution < -0.4 is 5.32 Å². The number of likely N-dealkylation sites (N-methyl/N-ethyl adjacent to an activating group) is 1. The lowest BCUT2D eigenvalue weighted by molar-refractivity contribution is 0.0265. The second-order valence-corrected chi connectivity index (χ2v) is 4.88. The van der Waals surface area contributed by atoms with Crippen molar-refractivity contribution in [3.05, 3.63) is 34.9 Å². The highest BCUT2D eigenvalue weighted by atomic mass is 35.5. The summed E-state index contributed by atoms with van der Waals surface area (Å²) in [5.74, 6) is 0. The Balaban J connectivity index is 2.68. The van der Waals surface area contributed by atoms with Crippen molar-refractivity contribution in [1.82, 2.24) is 5.32 Å². The van der Waals surface area contributed by atoms with Gasteiger partial charge in [-0.1, -0.05) is 30.7 Å². The summed E-state index contributed by atoms with van der Waals surface area (Å²) in [4.78, 5) is 0. The lowest BCUT2D eigenvalue weighted by Crippen LogP contribution is -2.48. The van der Waals surface area contributed by atoms with E-state index in [1.165, 1.54) is 0 Å². The number of hydrogen-bond donors (Lipinski definition) is 2. The molecule has 1 rings (SSSR count).